The van der Waals surface area contributed by atoms with E-state index in [2.05, 4.69) is 15.9 Å². The number of benzene rings is 1. The topological polar surface area (TPSA) is 44.5 Å². The zero-order chi connectivity index (χ0) is 12.3. The molecule has 90 valence electrons. The van der Waals surface area contributed by atoms with Crippen LogP contribution in [0.2, 0.25) is 0 Å². The molecule has 0 fully saturated rings. The van der Waals surface area contributed by atoms with Crippen LogP contribution in [0.1, 0.15) is 4.88 Å². The molecular formula is C12H12BrNO2S. The highest BCUT2D eigenvalue weighted by Crippen LogP contribution is 2.31. The lowest BCUT2D eigenvalue weighted by Crippen LogP contribution is -1.97. The summed E-state index contributed by atoms with van der Waals surface area (Å²) in [6.45, 7) is 0.498. The van der Waals surface area contributed by atoms with Crippen molar-refractivity contribution < 1.29 is 9.47 Å². The molecule has 3 nitrogen and oxygen atoms in total. The maximum atomic E-state index is 5.72. The average molecular weight is 314 g/mol. The molecule has 0 radical (unpaired) electrons. The fourth-order valence-corrected chi connectivity index (χ4v) is 2.76. The van der Waals surface area contributed by atoms with Crippen molar-refractivity contribution in [2.75, 3.05) is 12.8 Å². The van der Waals surface area contributed by atoms with Crippen molar-refractivity contribution in [2.24, 2.45) is 0 Å². The van der Waals surface area contributed by atoms with E-state index in [0.717, 1.165) is 9.35 Å². The number of nitrogen functional groups attached to an aromatic ring is 1. The molecule has 0 bridgehead atoms. The first kappa shape index (κ1) is 12.3. The average Bonchev–Trinajstić information content (AvgIpc) is 2.72. The fraction of sp³-hybridized carbons (Fsp3) is 0.167. The lowest BCUT2D eigenvalue weighted by molar-refractivity contribution is 0.287. The molecule has 2 aromatic rings. The summed E-state index contributed by atoms with van der Waals surface area (Å²) in [5.74, 6) is 1.35. The predicted molar refractivity (Wildman–Crippen MR) is 73.8 cm³/mol. The summed E-state index contributed by atoms with van der Waals surface area (Å²) in [6, 6.07) is 7.35. The van der Waals surface area contributed by atoms with Gasteiger partial charge in [0.25, 0.3) is 0 Å². The van der Waals surface area contributed by atoms with Crippen LogP contribution >= 0.6 is 27.3 Å². The van der Waals surface area contributed by atoms with Gasteiger partial charge in [0.05, 0.1) is 12.0 Å². The summed E-state index contributed by atoms with van der Waals surface area (Å²) in [5, 5.41) is 2.01. The van der Waals surface area contributed by atoms with Crippen molar-refractivity contribution in [3.05, 3.63) is 39.0 Å². The second kappa shape index (κ2) is 5.42. The SMILES string of the molecule is COc1ccc(N)cc1OCc1sccc1Br. The van der Waals surface area contributed by atoms with Crippen molar-refractivity contribution in [2.45, 2.75) is 6.61 Å². The first-order valence-corrected chi connectivity index (χ1v) is 6.66. The summed E-state index contributed by atoms with van der Waals surface area (Å²) in [4.78, 5) is 1.13. The second-order valence-corrected chi connectivity index (χ2v) is 5.25. The molecule has 1 aromatic carbocycles. The Morgan fingerprint density at radius 3 is 2.76 bits per heavy atom. The van der Waals surface area contributed by atoms with Gasteiger partial charge in [0.15, 0.2) is 11.5 Å². The highest BCUT2D eigenvalue weighted by atomic mass is 79.9. The van der Waals surface area contributed by atoms with Gasteiger partial charge in [-0.25, -0.2) is 0 Å². The minimum atomic E-state index is 0.498. The van der Waals surface area contributed by atoms with E-state index < -0.39 is 0 Å². The van der Waals surface area contributed by atoms with Gasteiger partial charge in [-0.1, -0.05) is 0 Å². The van der Waals surface area contributed by atoms with Gasteiger partial charge in [0, 0.05) is 16.2 Å². The summed E-state index contributed by atoms with van der Waals surface area (Å²) >= 11 is 5.11. The van der Waals surface area contributed by atoms with E-state index in [9.17, 15) is 0 Å². The minimum Gasteiger partial charge on any atom is -0.493 e. The number of anilines is 1. The molecule has 0 atom stereocenters. The van der Waals surface area contributed by atoms with Crippen LogP contribution in [-0.2, 0) is 6.61 Å². The van der Waals surface area contributed by atoms with Gasteiger partial charge < -0.3 is 15.2 Å². The Kier molecular flexibility index (Phi) is 3.91. The fourth-order valence-electron chi connectivity index (χ4n) is 1.38. The largest absolute Gasteiger partial charge is 0.493 e. The van der Waals surface area contributed by atoms with Crippen molar-refractivity contribution in [3.8, 4) is 11.5 Å². The third-order valence-corrected chi connectivity index (χ3v) is 4.14. The van der Waals surface area contributed by atoms with Crippen LogP contribution in [0.4, 0.5) is 5.69 Å². The van der Waals surface area contributed by atoms with E-state index >= 15 is 0 Å². The number of nitrogens with two attached hydrogens (primary N) is 1. The van der Waals surface area contributed by atoms with Crippen LogP contribution in [0.3, 0.4) is 0 Å². The minimum absolute atomic E-state index is 0.498. The van der Waals surface area contributed by atoms with Crippen LogP contribution in [0, 0.1) is 0 Å². The maximum absolute atomic E-state index is 5.72. The normalized spacial score (nSPS) is 10.2. The zero-order valence-corrected chi connectivity index (χ0v) is 11.7. The Hall–Kier alpha value is -1.20. The molecular weight excluding hydrogens is 302 g/mol. The van der Waals surface area contributed by atoms with Crippen LogP contribution in [0.5, 0.6) is 11.5 Å². The van der Waals surface area contributed by atoms with Crippen molar-refractivity contribution in [1.29, 1.82) is 0 Å². The standard InChI is InChI=1S/C12H12BrNO2S/c1-15-10-3-2-8(14)6-11(10)16-7-12-9(13)4-5-17-12/h2-6H,7,14H2,1H3. The molecule has 0 aliphatic heterocycles. The second-order valence-electron chi connectivity index (χ2n) is 3.39. The van der Waals surface area contributed by atoms with Crippen LogP contribution < -0.4 is 15.2 Å². The molecule has 1 aromatic heterocycles. The van der Waals surface area contributed by atoms with E-state index in [0.29, 0.717) is 23.8 Å². The molecule has 2 rings (SSSR count). The van der Waals surface area contributed by atoms with Gasteiger partial charge in [-0.2, -0.15) is 0 Å². The number of rotatable bonds is 4. The number of methoxy groups -OCH3 is 1. The molecule has 0 unspecified atom stereocenters. The van der Waals surface area contributed by atoms with E-state index in [-0.39, 0.29) is 0 Å². The highest BCUT2D eigenvalue weighted by molar-refractivity contribution is 9.10. The number of hydrogen-bond donors (Lipinski definition) is 1. The smallest absolute Gasteiger partial charge is 0.163 e. The molecule has 0 saturated heterocycles. The Morgan fingerprint density at radius 2 is 2.12 bits per heavy atom. The Bertz CT molecular complexity index is 513. The van der Waals surface area contributed by atoms with Crippen LogP contribution in [0.25, 0.3) is 0 Å². The summed E-state index contributed by atoms with van der Waals surface area (Å²) in [7, 11) is 1.61. The first-order valence-electron chi connectivity index (χ1n) is 4.99. The van der Waals surface area contributed by atoms with Gasteiger partial charge in [0.1, 0.15) is 6.61 Å². The highest BCUT2D eigenvalue weighted by Gasteiger charge is 2.07. The van der Waals surface area contributed by atoms with Crippen molar-refractivity contribution >= 4 is 33.0 Å². The summed E-state index contributed by atoms with van der Waals surface area (Å²) < 4.78 is 12.0. The van der Waals surface area contributed by atoms with Gasteiger partial charge in [-0.15, -0.1) is 11.3 Å². The van der Waals surface area contributed by atoms with Crippen LogP contribution in [0.15, 0.2) is 34.1 Å². The Morgan fingerprint density at radius 1 is 1.29 bits per heavy atom. The molecule has 0 amide bonds. The quantitative estimate of drug-likeness (QED) is 0.876. The van der Waals surface area contributed by atoms with Gasteiger partial charge >= 0.3 is 0 Å². The Balaban J connectivity index is 2.13. The zero-order valence-electron chi connectivity index (χ0n) is 9.27. The Labute approximate surface area is 112 Å². The molecule has 0 spiro atoms. The molecule has 5 heteroatoms. The van der Waals surface area contributed by atoms with Gasteiger partial charge in [0.2, 0.25) is 0 Å². The van der Waals surface area contributed by atoms with E-state index in [1.54, 1.807) is 36.6 Å². The van der Waals surface area contributed by atoms with Crippen LogP contribution in [-0.4, -0.2) is 7.11 Å². The lowest BCUT2D eigenvalue weighted by atomic mass is 10.3. The summed E-state index contributed by atoms with van der Waals surface area (Å²) in [6.07, 6.45) is 0. The van der Waals surface area contributed by atoms with E-state index in [1.165, 1.54) is 0 Å². The predicted octanol–water partition coefficient (Wildman–Crippen LogP) is 3.68. The maximum Gasteiger partial charge on any atom is 0.163 e. The number of hydrogen-bond acceptors (Lipinski definition) is 4. The number of thiophene rings is 1. The van der Waals surface area contributed by atoms with Gasteiger partial charge in [-0.05, 0) is 39.5 Å². The molecule has 1 heterocycles. The number of ether oxygens (including phenoxy) is 2. The van der Waals surface area contributed by atoms with Gasteiger partial charge in [-0.3, -0.25) is 0 Å². The number of halogens is 1. The lowest BCUT2D eigenvalue weighted by Gasteiger charge is -2.10. The molecule has 0 aliphatic carbocycles. The van der Waals surface area contributed by atoms with E-state index in [4.69, 9.17) is 15.2 Å². The van der Waals surface area contributed by atoms with Crippen molar-refractivity contribution in [1.82, 2.24) is 0 Å². The molecule has 0 saturated carbocycles. The molecule has 2 N–H and O–H groups in total. The monoisotopic (exact) mass is 313 g/mol. The first-order chi connectivity index (χ1) is 8.20. The third-order valence-electron chi connectivity index (χ3n) is 2.24. The van der Waals surface area contributed by atoms with Crippen molar-refractivity contribution in [3.63, 3.8) is 0 Å². The molecule has 0 aliphatic rings. The summed E-state index contributed by atoms with van der Waals surface area (Å²) in [5.41, 5.74) is 6.38. The van der Waals surface area contributed by atoms with E-state index in [1.807, 2.05) is 11.4 Å². The molecule has 17 heavy (non-hydrogen) atoms. The third kappa shape index (κ3) is 2.92.